The summed E-state index contributed by atoms with van der Waals surface area (Å²) in [6, 6.07) is 64.8. The minimum Gasteiger partial charge on any atom is -0.480 e. The van der Waals surface area contributed by atoms with Crippen molar-refractivity contribution in [2.75, 3.05) is 13.1 Å². The fraction of sp³-hybridized carbons (Fsp3) is 0.278. The van der Waals surface area contributed by atoms with Gasteiger partial charge in [0.2, 0.25) is 17.8 Å². The molecule has 19 heteroatoms. The van der Waals surface area contributed by atoms with Crippen molar-refractivity contribution in [3.05, 3.63) is 264 Å². The van der Waals surface area contributed by atoms with Gasteiger partial charge in [-0.2, -0.15) is 0 Å². The maximum atomic E-state index is 14.0. The van der Waals surface area contributed by atoms with Gasteiger partial charge in [0.15, 0.2) is 6.04 Å². The number of guanidine groups is 1. The average molecular weight is 1230 g/mol. The number of amides is 8. The van der Waals surface area contributed by atoms with Gasteiger partial charge < -0.3 is 36.3 Å². The second-order valence-corrected chi connectivity index (χ2v) is 22.4. The number of likely N-dealkylation sites (tertiary alicyclic amines) is 2. The molecule has 0 saturated carbocycles. The number of imide groups is 2. The molecular weight excluding hydrogens is 1150 g/mol. The van der Waals surface area contributed by atoms with Crippen molar-refractivity contribution < 1.29 is 48.1 Å². The van der Waals surface area contributed by atoms with Crippen molar-refractivity contribution in [1.82, 2.24) is 36.4 Å². The van der Waals surface area contributed by atoms with Crippen LogP contribution in [0.3, 0.4) is 0 Å². The van der Waals surface area contributed by atoms with Crippen molar-refractivity contribution in [2.45, 2.75) is 102 Å². The van der Waals surface area contributed by atoms with E-state index in [4.69, 9.17) is 15.2 Å². The van der Waals surface area contributed by atoms with Crippen LogP contribution in [0.1, 0.15) is 71.0 Å². The van der Waals surface area contributed by atoms with Crippen LogP contribution in [-0.2, 0) is 69.2 Å². The van der Waals surface area contributed by atoms with Gasteiger partial charge in [0.1, 0.15) is 13.2 Å². The van der Waals surface area contributed by atoms with Crippen LogP contribution in [0, 0.1) is 11.8 Å². The number of benzene rings is 7. The minimum atomic E-state index is -1.19. The van der Waals surface area contributed by atoms with E-state index in [0.717, 1.165) is 43.8 Å². The molecule has 0 spiro atoms. The highest BCUT2D eigenvalue weighted by atomic mass is 16.6. The van der Waals surface area contributed by atoms with E-state index < -0.39 is 54.0 Å². The van der Waals surface area contributed by atoms with Crippen LogP contribution in [0.25, 0.3) is 0 Å². The molecule has 91 heavy (non-hydrogen) atoms. The summed E-state index contributed by atoms with van der Waals surface area (Å²) in [6.45, 7) is 4.23. The number of aliphatic imine (C=N–C) groups is 1. The first-order valence-electron chi connectivity index (χ1n) is 30.7. The first-order chi connectivity index (χ1) is 44.3. The maximum absolute atomic E-state index is 14.0. The molecule has 0 aliphatic carbocycles. The van der Waals surface area contributed by atoms with Crippen molar-refractivity contribution in [3.63, 3.8) is 0 Å². The lowest BCUT2D eigenvalue weighted by Crippen LogP contribution is -2.68. The fourth-order valence-corrected chi connectivity index (χ4v) is 11.1. The number of aryl methyl sites for hydroxylation is 1. The lowest BCUT2D eigenvalue weighted by molar-refractivity contribution is -0.166. The molecule has 8 amide bonds. The summed E-state index contributed by atoms with van der Waals surface area (Å²) in [7, 11) is 0. The van der Waals surface area contributed by atoms with Gasteiger partial charge in [-0.1, -0.05) is 219 Å². The third-order valence-corrected chi connectivity index (χ3v) is 15.6. The van der Waals surface area contributed by atoms with Crippen LogP contribution >= 0.6 is 0 Å². The van der Waals surface area contributed by atoms with Crippen molar-refractivity contribution >= 4 is 48.0 Å². The molecular formula is C72H79N9O10. The van der Waals surface area contributed by atoms with Crippen LogP contribution in [0.4, 0.5) is 19.2 Å². The average Bonchev–Trinajstić information content (AvgIpc) is 0.802. The molecule has 472 valence electrons. The Morgan fingerprint density at radius 1 is 0.495 bits per heavy atom. The summed E-state index contributed by atoms with van der Waals surface area (Å²) in [5.74, 6) is -2.85. The van der Waals surface area contributed by atoms with E-state index in [9.17, 15) is 38.7 Å². The molecule has 2 aliphatic rings. The lowest BCUT2D eigenvalue weighted by Gasteiger charge is -2.46. The van der Waals surface area contributed by atoms with E-state index in [1.54, 1.807) is 0 Å². The quantitative estimate of drug-likeness (QED) is 0.0110. The zero-order chi connectivity index (χ0) is 64.2. The number of nitrogens with zero attached hydrogens (tertiary/aromatic N) is 3. The predicted molar refractivity (Wildman–Crippen MR) is 347 cm³/mol. The summed E-state index contributed by atoms with van der Waals surface area (Å²) in [5.41, 5.74) is 12.4. The Balaban J connectivity index is 0.000000274. The molecule has 0 radical (unpaired) electrons. The third-order valence-electron chi connectivity index (χ3n) is 15.6. The van der Waals surface area contributed by atoms with E-state index >= 15 is 0 Å². The van der Waals surface area contributed by atoms with Crippen LogP contribution in [0.5, 0.6) is 0 Å². The molecule has 0 bridgehead atoms. The summed E-state index contributed by atoms with van der Waals surface area (Å²) in [4.78, 5) is 97.5. The molecule has 2 fully saturated rings. The third kappa shape index (κ3) is 21.0. The number of aliphatic carboxylic acids is 1. The largest absolute Gasteiger partial charge is 0.480 e. The number of β-lactam (4-membered cyclic amide) rings is 2. The number of alkyl carbamates (subject to hydrolysis) is 2. The highest BCUT2D eigenvalue weighted by molar-refractivity contribution is 6.07. The predicted octanol–water partition coefficient (Wildman–Crippen LogP) is 10.3. The molecule has 2 heterocycles. The van der Waals surface area contributed by atoms with E-state index in [-0.39, 0.29) is 49.8 Å². The Morgan fingerprint density at radius 2 is 0.857 bits per heavy atom. The zero-order valence-corrected chi connectivity index (χ0v) is 50.8. The second kappa shape index (κ2) is 34.8. The first-order valence-corrected chi connectivity index (χ1v) is 30.7. The number of carbonyl (C=O) groups is 7. The monoisotopic (exact) mass is 1230 g/mol. The number of carboxylic acid groups (broad SMARTS) is 1. The Kier molecular flexibility index (Phi) is 25.4. The van der Waals surface area contributed by atoms with Gasteiger partial charge in [-0.15, -0.1) is 0 Å². The summed E-state index contributed by atoms with van der Waals surface area (Å²) in [6.07, 6.45) is 3.81. The van der Waals surface area contributed by atoms with Crippen molar-refractivity contribution in [1.29, 1.82) is 0 Å². The first kappa shape index (κ1) is 66.4. The van der Waals surface area contributed by atoms with Gasteiger partial charge in [0.05, 0.1) is 23.7 Å². The number of hydrogen-bond donors (Lipinski definition) is 7. The van der Waals surface area contributed by atoms with Crippen LogP contribution in [0.15, 0.2) is 230 Å². The Hall–Kier alpha value is -10.6. The zero-order valence-electron chi connectivity index (χ0n) is 50.8. The normalized spacial score (nSPS) is 15.5. The molecule has 4 atom stereocenters. The van der Waals surface area contributed by atoms with E-state index in [1.165, 1.54) is 4.90 Å². The van der Waals surface area contributed by atoms with Gasteiger partial charge >= 0.3 is 30.2 Å². The lowest BCUT2D eigenvalue weighted by atomic mass is 9.80. The van der Waals surface area contributed by atoms with E-state index in [0.29, 0.717) is 76.6 Å². The number of carboxylic acids is 1. The summed E-state index contributed by atoms with van der Waals surface area (Å²) in [5, 5.41) is 23.6. The number of nitrogens with two attached hydrogens (primary N) is 1. The highest BCUT2D eigenvalue weighted by Gasteiger charge is 2.54. The van der Waals surface area contributed by atoms with Gasteiger partial charge in [0, 0.05) is 25.2 Å². The maximum Gasteiger partial charge on any atom is 0.414 e. The number of hydrogen-bond acceptors (Lipinski definition) is 12. The van der Waals surface area contributed by atoms with Crippen LogP contribution < -0.4 is 32.3 Å². The molecule has 7 aromatic rings. The molecule has 7 aromatic carbocycles. The summed E-state index contributed by atoms with van der Waals surface area (Å²) < 4.78 is 10.7. The van der Waals surface area contributed by atoms with E-state index in [1.807, 2.05) is 212 Å². The number of urea groups is 2. The Morgan fingerprint density at radius 3 is 1.25 bits per heavy atom. The number of carbonyl (C=O) groups excluding carboxylic acids is 6. The standard InChI is InChI=1S/C47H49N5O6.C25H30N4O4/c53-43-41(27-16-30-48-44(50-46(55)57-33-38-23-12-4-13-24-38)51-47(56)58-34-39-25-14-5-15-26-39)42(29-28-35-17-6-1-7-18-35)52(43)45(54)49-40(31-36-19-8-2-9-20-36)32-37-21-10-3-11-22-37;1-17(26)27-14-8-13-21-22(24(31)32)29(23(21)30)25(33)28-20(15-18-9-4-2-5-10-18)16-19-11-6-3-7-12-19/h1-15,17-26,40-42H,16,27-34H2,(H,49,54)(H2,48,50,51,55,56);2-7,9-12,20-22,27H,1,8,13-16,26H2,(H,28,33)(H,31,32)/t41-,42-;21-,22?/m11/s1. The molecule has 2 aliphatic heterocycles. The van der Waals surface area contributed by atoms with Gasteiger partial charge in [-0.3, -0.25) is 30.1 Å². The van der Waals surface area contributed by atoms with Gasteiger partial charge in [0.25, 0.3) is 0 Å². The smallest absolute Gasteiger partial charge is 0.414 e. The number of ether oxygens (including phenoxy) is 2. The fourth-order valence-electron chi connectivity index (χ4n) is 11.1. The highest BCUT2D eigenvalue weighted by Crippen LogP contribution is 2.35. The summed E-state index contributed by atoms with van der Waals surface area (Å²) >= 11 is 0. The number of nitrogens with one attached hydrogen (secondary N) is 5. The molecule has 2 saturated heterocycles. The van der Waals surface area contributed by atoms with Crippen molar-refractivity contribution in [3.8, 4) is 0 Å². The van der Waals surface area contributed by atoms with Gasteiger partial charge in [-0.25, -0.2) is 28.9 Å². The minimum absolute atomic E-state index is 0.0237. The number of rotatable bonds is 27. The molecule has 9 rings (SSSR count). The van der Waals surface area contributed by atoms with Gasteiger partial charge in [-0.05, 0) is 103 Å². The molecule has 8 N–H and O–H groups in total. The molecule has 19 nitrogen and oxygen atoms in total. The topological polar surface area (TPSA) is 263 Å². The Labute approximate surface area is 531 Å². The van der Waals surface area contributed by atoms with Crippen LogP contribution in [-0.4, -0.2) is 100 Å². The van der Waals surface area contributed by atoms with Crippen molar-refractivity contribution in [2.24, 2.45) is 22.6 Å². The second-order valence-electron chi connectivity index (χ2n) is 22.4. The molecule has 0 aromatic heterocycles. The SMILES string of the molecule is C=C(N)NCCC[C@H]1C(=O)N(C(=O)NC(Cc2ccccc2)Cc2ccccc2)C1C(=O)O.O=C(NC(=NCCC[C@H]1C(=O)N(C(=O)NC(Cc2ccccc2)Cc2ccccc2)[C@@H]1CCc1ccccc1)NC(=O)OCc1ccccc1)OCc1ccccc1. The van der Waals surface area contributed by atoms with E-state index in [2.05, 4.69) is 38.2 Å². The molecule has 1 unspecified atom stereocenters. The Bertz CT molecular complexity index is 3360. The van der Waals surface area contributed by atoms with Crippen LogP contribution in [0.2, 0.25) is 0 Å².